The van der Waals surface area contributed by atoms with Gasteiger partial charge in [0.1, 0.15) is 5.82 Å². The Balaban J connectivity index is 1.36. The Morgan fingerprint density at radius 1 is 1.07 bits per heavy atom. The van der Waals surface area contributed by atoms with Gasteiger partial charge in [0, 0.05) is 45.1 Å². The van der Waals surface area contributed by atoms with E-state index in [1.807, 2.05) is 15.9 Å². The van der Waals surface area contributed by atoms with Gasteiger partial charge in [-0.05, 0) is 36.8 Å². The van der Waals surface area contributed by atoms with Crippen molar-refractivity contribution in [3.8, 4) is 0 Å². The minimum Gasteiger partial charge on any atom is -0.366 e. The van der Waals surface area contributed by atoms with Crippen molar-refractivity contribution in [3.05, 3.63) is 30.1 Å². The van der Waals surface area contributed by atoms with Gasteiger partial charge in [-0.2, -0.15) is 0 Å². The lowest BCUT2D eigenvalue weighted by atomic mass is 9.78. The van der Waals surface area contributed by atoms with Crippen LogP contribution in [0.2, 0.25) is 0 Å². The molecule has 0 radical (unpaired) electrons. The molecule has 1 aliphatic heterocycles. The zero-order chi connectivity index (χ0) is 20.8. The van der Waals surface area contributed by atoms with Crippen molar-refractivity contribution in [3.63, 3.8) is 0 Å². The van der Waals surface area contributed by atoms with Crippen LogP contribution in [0.5, 0.6) is 0 Å². The summed E-state index contributed by atoms with van der Waals surface area (Å²) < 4.78 is 13.9. The maximum absolute atomic E-state index is 13.9. The first kappa shape index (κ1) is 21.6. The summed E-state index contributed by atoms with van der Waals surface area (Å²) in [5.41, 5.74) is 0.600. The van der Waals surface area contributed by atoms with Gasteiger partial charge in [0.2, 0.25) is 11.8 Å². The number of nitrogens with zero attached hydrogens (tertiary/aromatic N) is 2. The standard InChI is InChI=1S/C23H34FN3O2/c1-17-7-5-9-20(18(17)2)25-22(28)11-6-12-23(29)27-15-13-26(14-16-27)21-10-4-3-8-19(21)24/h3-4,8,10,17-18,20H,5-7,9,11-16H2,1-2H3,(H,25,28)/t17-,18+,20+/m0/s1. The molecule has 0 unspecified atom stereocenters. The van der Waals surface area contributed by atoms with E-state index in [1.54, 1.807) is 12.1 Å². The maximum Gasteiger partial charge on any atom is 0.222 e. The molecule has 1 aromatic carbocycles. The van der Waals surface area contributed by atoms with E-state index in [4.69, 9.17) is 0 Å². The lowest BCUT2D eigenvalue weighted by Gasteiger charge is -2.36. The molecule has 3 rings (SSSR count). The summed E-state index contributed by atoms with van der Waals surface area (Å²) in [5.74, 6) is 1.09. The molecule has 2 aliphatic rings. The first-order chi connectivity index (χ1) is 14.0. The molecule has 0 bridgehead atoms. The number of nitrogens with one attached hydrogen (secondary N) is 1. The summed E-state index contributed by atoms with van der Waals surface area (Å²) in [7, 11) is 0. The second-order valence-corrected chi connectivity index (χ2v) is 8.61. The molecule has 1 saturated carbocycles. The van der Waals surface area contributed by atoms with Crippen molar-refractivity contribution in [1.82, 2.24) is 10.2 Å². The zero-order valence-corrected chi connectivity index (χ0v) is 17.7. The summed E-state index contributed by atoms with van der Waals surface area (Å²) in [6.45, 7) is 6.93. The number of piperazine rings is 1. The fourth-order valence-corrected chi connectivity index (χ4v) is 4.53. The highest BCUT2D eigenvalue weighted by Gasteiger charge is 2.28. The number of benzene rings is 1. The number of para-hydroxylation sites is 1. The third-order valence-corrected chi connectivity index (χ3v) is 6.67. The average molecular weight is 404 g/mol. The predicted molar refractivity (Wildman–Crippen MR) is 113 cm³/mol. The summed E-state index contributed by atoms with van der Waals surface area (Å²) in [6.07, 6.45) is 4.85. The van der Waals surface area contributed by atoms with Gasteiger partial charge in [0.15, 0.2) is 0 Å². The van der Waals surface area contributed by atoms with Gasteiger partial charge in [0.05, 0.1) is 5.69 Å². The van der Waals surface area contributed by atoms with Gasteiger partial charge in [0.25, 0.3) is 0 Å². The summed E-state index contributed by atoms with van der Waals surface area (Å²) >= 11 is 0. The van der Waals surface area contributed by atoms with Crippen LogP contribution in [0.1, 0.15) is 52.4 Å². The molecule has 2 amide bonds. The molecule has 0 aromatic heterocycles. The van der Waals surface area contributed by atoms with Crippen molar-refractivity contribution in [2.24, 2.45) is 11.8 Å². The number of carbonyl (C=O) groups excluding carboxylic acids is 2. The van der Waals surface area contributed by atoms with Gasteiger partial charge in [-0.15, -0.1) is 0 Å². The largest absolute Gasteiger partial charge is 0.366 e. The quantitative estimate of drug-likeness (QED) is 0.790. The van der Waals surface area contributed by atoms with Crippen LogP contribution in [-0.4, -0.2) is 48.9 Å². The highest BCUT2D eigenvalue weighted by Crippen LogP contribution is 2.29. The Hall–Kier alpha value is -2.11. The highest BCUT2D eigenvalue weighted by atomic mass is 19.1. The van der Waals surface area contributed by atoms with Gasteiger partial charge >= 0.3 is 0 Å². The van der Waals surface area contributed by atoms with Gasteiger partial charge in [-0.3, -0.25) is 9.59 Å². The normalized spacial score (nSPS) is 25.0. The average Bonchev–Trinajstić information content (AvgIpc) is 2.72. The SMILES string of the molecule is C[C@@H]1[C@@H](C)CCC[C@H]1NC(=O)CCCC(=O)N1CCN(c2ccccc2F)CC1. The molecule has 3 atom stereocenters. The van der Waals surface area contributed by atoms with Crippen molar-refractivity contribution < 1.29 is 14.0 Å². The molecule has 1 saturated heterocycles. The molecule has 29 heavy (non-hydrogen) atoms. The van der Waals surface area contributed by atoms with E-state index in [9.17, 15) is 14.0 Å². The molecular formula is C23H34FN3O2. The van der Waals surface area contributed by atoms with Crippen LogP contribution < -0.4 is 10.2 Å². The molecule has 0 spiro atoms. The van der Waals surface area contributed by atoms with Gasteiger partial charge < -0.3 is 15.1 Å². The minimum absolute atomic E-state index is 0.0631. The lowest BCUT2D eigenvalue weighted by molar-refractivity contribution is -0.131. The number of hydrogen-bond donors (Lipinski definition) is 1. The van der Waals surface area contributed by atoms with Crippen molar-refractivity contribution >= 4 is 17.5 Å². The summed E-state index contributed by atoms with van der Waals surface area (Å²) in [4.78, 5) is 28.6. The van der Waals surface area contributed by atoms with Gasteiger partial charge in [-0.25, -0.2) is 4.39 Å². The fourth-order valence-electron chi connectivity index (χ4n) is 4.53. The van der Waals surface area contributed by atoms with Gasteiger partial charge in [-0.1, -0.05) is 38.8 Å². The number of carbonyl (C=O) groups is 2. The number of halogens is 1. The molecule has 1 N–H and O–H groups in total. The van der Waals surface area contributed by atoms with E-state index >= 15 is 0 Å². The van der Waals surface area contributed by atoms with Crippen LogP contribution >= 0.6 is 0 Å². The second kappa shape index (κ2) is 10.1. The summed E-state index contributed by atoms with van der Waals surface area (Å²) in [5, 5.41) is 3.18. The fraction of sp³-hybridized carbons (Fsp3) is 0.652. The molecular weight excluding hydrogens is 369 g/mol. The number of amides is 2. The first-order valence-corrected chi connectivity index (χ1v) is 11.0. The second-order valence-electron chi connectivity index (χ2n) is 8.61. The molecule has 6 heteroatoms. The van der Waals surface area contributed by atoms with E-state index in [2.05, 4.69) is 19.2 Å². The highest BCUT2D eigenvalue weighted by molar-refractivity contribution is 5.79. The third-order valence-electron chi connectivity index (χ3n) is 6.67. The first-order valence-electron chi connectivity index (χ1n) is 11.0. The van der Waals surface area contributed by atoms with Crippen LogP contribution in [0, 0.1) is 17.7 Å². The number of hydrogen-bond acceptors (Lipinski definition) is 3. The molecule has 1 heterocycles. The maximum atomic E-state index is 13.9. The van der Waals surface area contributed by atoms with Crippen molar-refractivity contribution in [2.75, 3.05) is 31.1 Å². The smallest absolute Gasteiger partial charge is 0.222 e. The molecule has 2 fully saturated rings. The predicted octanol–water partition coefficient (Wildman–Crippen LogP) is 3.59. The Labute approximate surface area is 173 Å². The lowest BCUT2D eigenvalue weighted by Crippen LogP contribution is -2.49. The van der Waals surface area contributed by atoms with E-state index < -0.39 is 0 Å². The Morgan fingerprint density at radius 2 is 1.79 bits per heavy atom. The van der Waals surface area contributed by atoms with Crippen LogP contribution in [0.4, 0.5) is 10.1 Å². The van der Waals surface area contributed by atoms with Crippen LogP contribution in [-0.2, 0) is 9.59 Å². The van der Waals surface area contributed by atoms with E-state index in [0.717, 1.165) is 6.42 Å². The molecule has 160 valence electrons. The van der Waals surface area contributed by atoms with E-state index in [0.29, 0.717) is 63.0 Å². The number of rotatable bonds is 6. The summed E-state index contributed by atoms with van der Waals surface area (Å²) in [6, 6.07) is 7.03. The Bertz CT molecular complexity index is 703. The molecule has 1 aliphatic carbocycles. The van der Waals surface area contributed by atoms with E-state index in [-0.39, 0.29) is 23.7 Å². The third kappa shape index (κ3) is 5.71. The Morgan fingerprint density at radius 3 is 2.52 bits per heavy atom. The zero-order valence-electron chi connectivity index (χ0n) is 17.7. The van der Waals surface area contributed by atoms with Crippen LogP contribution in [0.25, 0.3) is 0 Å². The van der Waals surface area contributed by atoms with Crippen molar-refractivity contribution in [1.29, 1.82) is 0 Å². The monoisotopic (exact) mass is 403 g/mol. The number of anilines is 1. The van der Waals surface area contributed by atoms with E-state index in [1.165, 1.54) is 18.9 Å². The molecule has 1 aromatic rings. The minimum atomic E-state index is -0.222. The Kier molecular flexibility index (Phi) is 7.51. The van der Waals surface area contributed by atoms with Crippen LogP contribution in [0.15, 0.2) is 24.3 Å². The van der Waals surface area contributed by atoms with Crippen molar-refractivity contribution in [2.45, 2.75) is 58.4 Å². The van der Waals surface area contributed by atoms with Crippen LogP contribution in [0.3, 0.4) is 0 Å². The topological polar surface area (TPSA) is 52.7 Å². The molecule has 5 nitrogen and oxygen atoms in total.